The van der Waals surface area contributed by atoms with Gasteiger partial charge in [0.15, 0.2) is 0 Å². The normalized spacial score (nSPS) is 10.7. The fourth-order valence-corrected chi connectivity index (χ4v) is 5.44. The van der Waals surface area contributed by atoms with Crippen molar-refractivity contribution in [3.8, 4) is 42.6 Å². The van der Waals surface area contributed by atoms with E-state index in [-0.39, 0.29) is 14.5 Å². The first-order chi connectivity index (χ1) is 15.8. The van der Waals surface area contributed by atoms with Crippen LogP contribution in [-0.2, 0) is 0 Å². The molecule has 33 heavy (non-hydrogen) atoms. The van der Waals surface area contributed by atoms with Crippen molar-refractivity contribution in [1.29, 1.82) is 0 Å². The van der Waals surface area contributed by atoms with E-state index in [0.717, 1.165) is 11.5 Å². The van der Waals surface area contributed by atoms with Crippen molar-refractivity contribution < 1.29 is 26.7 Å². The summed E-state index contributed by atoms with van der Waals surface area (Å²) < 4.78 is 52.4. The number of rotatable bonds is 5. The van der Waals surface area contributed by atoms with Gasteiger partial charge in [0, 0.05) is 0 Å². The van der Waals surface area contributed by atoms with E-state index in [9.17, 15) is 17.3 Å². The zero-order valence-electron chi connectivity index (χ0n) is 18.0. The van der Waals surface area contributed by atoms with Gasteiger partial charge in [-0.25, -0.2) is 0 Å². The van der Waals surface area contributed by atoms with Gasteiger partial charge in [-0.1, -0.05) is 0 Å². The van der Waals surface area contributed by atoms with E-state index in [4.69, 9.17) is 9.47 Å². The third-order valence-corrected chi connectivity index (χ3v) is 7.06. The largest absolute Gasteiger partial charge is 0.673 e. The standard InChI is InChI=1S/C25H21O2Se.BF4/c1-26-22-12-8-19(9-13-22)24-16-21(18-6-4-3-5-7-18)17-25(28-24)20-10-14-23(27-2)15-11-20;2-1(3,4)5/h3-17H,1-2H3;/q+1;-1. The van der Waals surface area contributed by atoms with Gasteiger partial charge in [-0.3, -0.25) is 0 Å². The Hall–Kier alpha value is -3.09. The zero-order chi connectivity index (χ0) is 23.8. The molecule has 1 heterocycles. The van der Waals surface area contributed by atoms with Crippen LogP contribution in [0, 0.1) is 0 Å². The van der Waals surface area contributed by atoms with Gasteiger partial charge in [-0.15, -0.1) is 0 Å². The summed E-state index contributed by atoms with van der Waals surface area (Å²) >= 11 is 0.210. The van der Waals surface area contributed by atoms with Crippen molar-refractivity contribution in [1.82, 2.24) is 0 Å². The van der Waals surface area contributed by atoms with Crippen molar-refractivity contribution in [3.63, 3.8) is 0 Å². The minimum absolute atomic E-state index is 0.210. The number of methoxy groups -OCH3 is 2. The maximum absolute atomic E-state index is 9.75. The Morgan fingerprint density at radius 1 is 0.545 bits per heavy atom. The number of benzene rings is 3. The van der Waals surface area contributed by atoms with Crippen LogP contribution >= 0.6 is 0 Å². The van der Waals surface area contributed by atoms with E-state index >= 15 is 0 Å². The van der Waals surface area contributed by atoms with Gasteiger partial charge in [0.05, 0.1) is 0 Å². The van der Waals surface area contributed by atoms with Crippen LogP contribution in [0.25, 0.3) is 31.1 Å². The summed E-state index contributed by atoms with van der Waals surface area (Å²) in [7, 11) is -2.60. The molecule has 0 aliphatic carbocycles. The van der Waals surface area contributed by atoms with Crippen molar-refractivity contribution in [2.75, 3.05) is 14.2 Å². The summed E-state index contributed by atoms with van der Waals surface area (Å²) in [6, 6.07) is 31.9. The van der Waals surface area contributed by atoms with Crippen molar-refractivity contribution in [2.45, 2.75) is 0 Å². The molecule has 0 fully saturated rings. The smallest absolute Gasteiger partial charge is 0.418 e. The number of hydrogen-bond acceptors (Lipinski definition) is 2. The summed E-state index contributed by atoms with van der Waals surface area (Å²) in [5.41, 5.74) is 4.96. The fraction of sp³-hybridized carbons (Fsp3) is 0.0800. The number of hydrogen-bond donors (Lipinski definition) is 0. The summed E-state index contributed by atoms with van der Waals surface area (Å²) in [5.74, 6) is 1.76. The molecule has 0 saturated carbocycles. The molecule has 0 aliphatic heterocycles. The summed E-state index contributed by atoms with van der Waals surface area (Å²) in [5, 5.41) is 0. The minimum Gasteiger partial charge on any atom is -0.418 e. The Labute approximate surface area is 196 Å². The second-order valence-corrected chi connectivity index (χ2v) is 9.17. The van der Waals surface area contributed by atoms with Gasteiger partial charge in [-0.2, -0.15) is 0 Å². The molecular weight excluding hydrogens is 498 g/mol. The van der Waals surface area contributed by atoms with Gasteiger partial charge in [-0.05, 0) is 0 Å². The van der Waals surface area contributed by atoms with Gasteiger partial charge >= 0.3 is 179 Å². The fourth-order valence-electron chi connectivity index (χ4n) is 3.09. The second kappa shape index (κ2) is 11.2. The Balaban J connectivity index is 0.000000555. The molecule has 0 atom stereocenters. The molecule has 0 saturated heterocycles. The molecule has 3 aromatic carbocycles. The van der Waals surface area contributed by atoms with Crippen LogP contribution in [0.15, 0.2) is 91.0 Å². The van der Waals surface area contributed by atoms with E-state index in [2.05, 4.69) is 66.7 Å². The molecule has 0 N–H and O–H groups in total. The first-order valence-corrected chi connectivity index (χ1v) is 11.7. The van der Waals surface area contributed by atoms with Crippen LogP contribution in [0.3, 0.4) is 0 Å². The first-order valence-electron chi connectivity index (χ1n) is 9.96. The zero-order valence-corrected chi connectivity index (χ0v) is 19.7. The topological polar surface area (TPSA) is 18.5 Å². The molecule has 2 nitrogen and oxygen atoms in total. The average Bonchev–Trinajstić information content (AvgIpc) is 2.83. The third kappa shape index (κ3) is 7.48. The number of ether oxygens (including phenoxy) is 2. The van der Waals surface area contributed by atoms with E-state index in [1.165, 1.54) is 31.1 Å². The van der Waals surface area contributed by atoms with Crippen LogP contribution in [-0.4, -0.2) is 36.0 Å². The summed E-state index contributed by atoms with van der Waals surface area (Å²) in [6.07, 6.45) is 0. The van der Waals surface area contributed by atoms with Gasteiger partial charge < -0.3 is 17.3 Å². The van der Waals surface area contributed by atoms with Crippen molar-refractivity contribution in [3.05, 3.63) is 91.0 Å². The maximum atomic E-state index is 9.75. The van der Waals surface area contributed by atoms with Crippen molar-refractivity contribution >= 4 is 21.8 Å². The minimum atomic E-state index is -6.00. The average molecular weight is 519 g/mol. The first kappa shape index (κ1) is 24.6. The molecule has 0 spiro atoms. The Kier molecular flexibility index (Phi) is 8.31. The maximum Gasteiger partial charge on any atom is 0.673 e. The van der Waals surface area contributed by atoms with Crippen LogP contribution in [0.2, 0.25) is 0 Å². The van der Waals surface area contributed by atoms with Gasteiger partial charge in [0.2, 0.25) is 0 Å². The molecule has 4 rings (SSSR count). The predicted molar refractivity (Wildman–Crippen MR) is 127 cm³/mol. The van der Waals surface area contributed by atoms with Crippen molar-refractivity contribution in [2.24, 2.45) is 0 Å². The molecule has 8 heteroatoms. The van der Waals surface area contributed by atoms with Crippen LogP contribution in [0.4, 0.5) is 17.3 Å². The summed E-state index contributed by atoms with van der Waals surface area (Å²) in [6.45, 7) is 0. The second-order valence-electron chi connectivity index (χ2n) is 6.89. The monoisotopic (exact) mass is 520 g/mol. The van der Waals surface area contributed by atoms with Crippen LogP contribution < -0.4 is 9.47 Å². The van der Waals surface area contributed by atoms with E-state index in [1.807, 2.05) is 24.3 Å². The van der Waals surface area contributed by atoms with E-state index in [0.29, 0.717) is 0 Å². The molecular formula is C25H21BF4O2Se. The van der Waals surface area contributed by atoms with Gasteiger partial charge in [0.1, 0.15) is 0 Å². The Morgan fingerprint density at radius 2 is 0.939 bits per heavy atom. The molecule has 0 radical (unpaired) electrons. The Bertz CT molecular complexity index is 1090. The number of halogens is 4. The molecule has 0 aliphatic rings. The van der Waals surface area contributed by atoms with Crippen LogP contribution in [0.5, 0.6) is 11.5 Å². The van der Waals surface area contributed by atoms with Crippen LogP contribution in [0.1, 0.15) is 0 Å². The molecule has 0 unspecified atom stereocenters. The van der Waals surface area contributed by atoms with Gasteiger partial charge in [0.25, 0.3) is 0 Å². The Morgan fingerprint density at radius 3 is 1.30 bits per heavy atom. The molecule has 4 aromatic rings. The SMILES string of the molecule is COc1ccc(-c2cc(-c3ccccc3)cc(-c3ccc(OC)cc3)[se+]2)cc1.F[B-](F)(F)F. The molecule has 170 valence electrons. The quantitative estimate of drug-likeness (QED) is 0.203. The third-order valence-electron chi connectivity index (χ3n) is 4.65. The predicted octanol–water partition coefficient (Wildman–Crippen LogP) is 7.34. The molecule has 0 amide bonds. The molecule has 0 bridgehead atoms. The molecule has 1 aromatic heterocycles. The van der Waals surface area contributed by atoms with E-state index < -0.39 is 7.25 Å². The van der Waals surface area contributed by atoms with E-state index in [1.54, 1.807) is 14.2 Å². The summed E-state index contributed by atoms with van der Waals surface area (Å²) in [4.78, 5) is 0.